The summed E-state index contributed by atoms with van der Waals surface area (Å²) in [5, 5.41) is 3.21. The van der Waals surface area contributed by atoms with E-state index < -0.39 is 6.04 Å². The van der Waals surface area contributed by atoms with E-state index in [-0.39, 0.29) is 24.5 Å². The lowest BCUT2D eigenvalue weighted by molar-refractivity contribution is -0.143. The van der Waals surface area contributed by atoms with E-state index >= 15 is 0 Å². The summed E-state index contributed by atoms with van der Waals surface area (Å²) in [4.78, 5) is 28.2. The van der Waals surface area contributed by atoms with Gasteiger partial charge in [-0.25, -0.2) is 0 Å². The molecule has 1 fully saturated rings. The summed E-state index contributed by atoms with van der Waals surface area (Å²) in [5.41, 5.74) is 3.18. The fraction of sp³-hybridized carbons (Fsp3) is 0.481. The second-order valence-electron chi connectivity index (χ2n) is 8.89. The Morgan fingerprint density at radius 1 is 1.03 bits per heavy atom. The first-order valence-corrected chi connectivity index (χ1v) is 11.8. The van der Waals surface area contributed by atoms with Gasteiger partial charge in [0.05, 0.1) is 0 Å². The quantitative estimate of drug-likeness (QED) is 0.606. The normalized spacial score (nSPS) is 15.1. The smallest absolute Gasteiger partial charge is 0.261 e. The van der Waals surface area contributed by atoms with Crippen molar-refractivity contribution in [2.75, 3.05) is 6.61 Å². The van der Waals surface area contributed by atoms with Crippen LogP contribution in [0.5, 0.6) is 5.75 Å². The molecule has 1 aliphatic carbocycles. The lowest BCUT2D eigenvalue weighted by Gasteiger charge is -2.32. The van der Waals surface area contributed by atoms with Gasteiger partial charge in [0.1, 0.15) is 11.8 Å². The zero-order valence-corrected chi connectivity index (χ0v) is 19.6. The van der Waals surface area contributed by atoms with Gasteiger partial charge in [0.2, 0.25) is 5.91 Å². The lowest BCUT2D eigenvalue weighted by Crippen LogP contribution is -2.52. The van der Waals surface area contributed by atoms with Crippen molar-refractivity contribution in [2.45, 2.75) is 77.9 Å². The molecule has 0 heterocycles. The number of nitrogens with one attached hydrogen (secondary N) is 1. The maximum atomic E-state index is 13.3. The van der Waals surface area contributed by atoms with Crippen LogP contribution in [0.4, 0.5) is 0 Å². The molecule has 172 valence electrons. The number of hydrogen-bond acceptors (Lipinski definition) is 3. The molecule has 5 heteroatoms. The standard InChI is InChI=1S/C27H36N2O3/c1-4-25(27(31)28-23-13-9-6-10-14-23)29(18-22-11-7-5-8-12-22)26(30)19-32-24-16-20(2)15-21(3)17-24/h5,7-8,11-12,15-17,23,25H,4,6,9-10,13-14,18-19H2,1-3H3,(H,28,31)/t25-/m1/s1. The van der Waals surface area contributed by atoms with Gasteiger partial charge in [0.15, 0.2) is 6.61 Å². The van der Waals surface area contributed by atoms with Crippen LogP contribution in [0, 0.1) is 13.8 Å². The lowest BCUT2D eigenvalue weighted by atomic mass is 9.95. The fourth-order valence-corrected chi connectivity index (χ4v) is 4.49. The zero-order valence-electron chi connectivity index (χ0n) is 19.6. The van der Waals surface area contributed by atoms with Crippen molar-refractivity contribution in [2.24, 2.45) is 0 Å². The van der Waals surface area contributed by atoms with E-state index in [1.54, 1.807) is 4.90 Å². The summed E-state index contributed by atoms with van der Waals surface area (Å²) in [5.74, 6) is 0.434. The molecule has 0 aromatic heterocycles. The van der Waals surface area contributed by atoms with E-state index in [0.717, 1.165) is 42.4 Å². The molecule has 1 saturated carbocycles. The molecule has 1 N–H and O–H groups in total. The number of hydrogen-bond donors (Lipinski definition) is 1. The van der Waals surface area contributed by atoms with E-state index in [4.69, 9.17) is 4.74 Å². The number of ether oxygens (including phenoxy) is 1. The van der Waals surface area contributed by atoms with E-state index in [1.807, 2.05) is 63.2 Å². The molecule has 2 aromatic carbocycles. The molecule has 0 radical (unpaired) electrons. The molecule has 5 nitrogen and oxygen atoms in total. The average Bonchev–Trinajstić information content (AvgIpc) is 2.78. The summed E-state index contributed by atoms with van der Waals surface area (Å²) in [6.45, 7) is 6.26. The Morgan fingerprint density at radius 2 is 1.69 bits per heavy atom. The van der Waals surface area contributed by atoms with Crippen LogP contribution in [0.3, 0.4) is 0 Å². The van der Waals surface area contributed by atoms with Crippen molar-refractivity contribution >= 4 is 11.8 Å². The Hall–Kier alpha value is -2.82. The average molecular weight is 437 g/mol. The highest BCUT2D eigenvalue weighted by Crippen LogP contribution is 2.20. The second-order valence-corrected chi connectivity index (χ2v) is 8.89. The number of nitrogens with zero attached hydrogens (tertiary/aromatic N) is 1. The predicted octanol–water partition coefficient (Wildman–Crippen LogP) is 4.94. The van der Waals surface area contributed by atoms with Crippen molar-refractivity contribution in [3.63, 3.8) is 0 Å². The summed E-state index contributed by atoms with van der Waals surface area (Å²) < 4.78 is 5.85. The van der Waals surface area contributed by atoms with Crippen molar-refractivity contribution in [1.29, 1.82) is 0 Å². The monoisotopic (exact) mass is 436 g/mol. The highest BCUT2D eigenvalue weighted by molar-refractivity contribution is 5.88. The van der Waals surface area contributed by atoms with Crippen LogP contribution in [-0.4, -0.2) is 35.4 Å². The van der Waals surface area contributed by atoms with Crippen molar-refractivity contribution in [3.05, 3.63) is 65.2 Å². The molecule has 2 aromatic rings. The van der Waals surface area contributed by atoms with Crippen molar-refractivity contribution in [1.82, 2.24) is 10.2 Å². The Balaban J connectivity index is 1.74. The SMILES string of the molecule is CC[C@H](C(=O)NC1CCCCC1)N(Cc1ccccc1)C(=O)COc1cc(C)cc(C)c1. The Bertz CT molecular complexity index is 871. The largest absolute Gasteiger partial charge is 0.484 e. The molecule has 32 heavy (non-hydrogen) atoms. The fourth-order valence-electron chi connectivity index (χ4n) is 4.49. The summed E-state index contributed by atoms with van der Waals surface area (Å²) in [7, 11) is 0. The molecule has 0 bridgehead atoms. The maximum Gasteiger partial charge on any atom is 0.261 e. The van der Waals surface area contributed by atoms with Gasteiger partial charge in [0.25, 0.3) is 5.91 Å². The first kappa shape index (κ1) is 23.8. The molecule has 2 amide bonds. The zero-order chi connectivity index (χ0) is 22.9. The van der Waals surface area contributed by atoms with Gasteiger partial charge in [-0.3, -0.25) is 9.59 Å². The number of rotatable bonds is 9. The van der Waals surface area contributed by atoms with Gasteiger partial charge in [0, 0.05) is 12.6 Å². The first-order chi connectivity index (χ1) is 15.5. The minimum atomic E-state index is -0.521. The number of carbonyl (C=O) groups excluding carboxylic acids is 2. The van der Waals surface area contributed by atoms with Crippen LogP contribution in [0.15, 0.2) is 48.5 Å². The molecule has 1 aliphatic rings. The summed E-state index contributed by atoms with van der Waals surface area (Å²) in [6, 6.07) is 15.4. The van der Waals surface area contributed by atoms with Gasteiger partial charge in [-0.1, -0.05) is 62.6 Å². The third-order valence-corrected chi connectivity index (χ3v) is 6.09. The minimum absolute atomic E-state index is 0.0601. The Kier molecular flexibility index (Phi) is 8.72. The summed E-state index contributed by atoms with van der Waals surface area (Å²) in [6.07, 6.45) is 6.13. The molecular weight excluding hydrogens is 400 g/mol. The van der Waals surface area contributed by atoms with Gasteiger partial charge >= 0.3 is 0 Å². The molecule has 1 atom stereocenters. The van der Waals surface area contributed by atoms with Gasteiger partial charge in [-0.2, -0.15) is 0 Å². The highest BCUT2D eigenvalue weighted by atomic mass is 16.5. The summed E-state index contributed by atoms with van der Waals surface area (Å²) >= 11 is 0. The van der Waals surface area contributed by atoms with E-state index in [0.29, 0.717) is 18.7 Å². The molecule has 0 unspecified atom stereocenters. The molecule has 3 rings (SSSR count). The van der Waals surface area contributed by atoms with Crippen LogP contribution in [0.25, 0.3) is 0 Å². The Morgan fingerprint density at radius 3 is 2.31 bits per heavy atom. The van der Waals surface area contributed by atoms with Gasteiger partial charge in [-0.05, 0) is 61.9 Å². The van der Waals surface area contributed by atoms with E-state index in [2.05, 4.69) is 11.4 Å². The molecule has 0 saturated heterocycles. The number of carbonyl (C=O) groups is 2. The number of benzene rings is 2. The topological polar surface area (TPSA) is 58.6 Å². The first-order valence-electron chi connectivity index (χ1n) is 11.8. The predicted molar refractivity (Wildman–Crippen MR) is 127 cm³/mol. The third-order valence-electron chi connectivity index (χ3n) is 6.09. The molecule has 0 aliphatic heterocycles. The van der Waals surface area contributed by atoms with Crippen LogP contribution in [0.2, 0.25) is 0 Å². The van der Waals surface area contributed by atoms with E-state index in [1.165, 1.54) is 6.42 Å². The van der Waals surface area contributed by atoms with Crippen molar-refractivity contribution < 1.29 is 14.3 Å². The minimum Gasteiger partial charge on any atom is -0.484 e. The van der Waals surface area contributed by atoms with Gasteiger partial charge in [-0.15, -0.1) is 0 Å². The van der Waals surface area contributed by atoms with Gasteiger partial charge < -0.3 is 15.0 Å². The molecular formula is C27H36N2O3. The maximum absolute atomic E-state index is 13.3. The Labute approximate surface area is 192 Å². The van der Waals surface area contributed by atoms with Crippen molar-refractivity contribution in [3.8, 4) is 5.75 Å². The van der Waals surface area contributed by atoms with Crippen LogP contribution in [0.1, 0.15) is 62.1 Å². The highest BCUT2D eigenvalue weighted by Gasteiger charge is 2.30. The van der Waals surface area contributed by atoms with Crippen LogP contribution in [-0.2, 0) is 16.1 Å². The van der Waals surface area contributed by atoms with E-state index in [9.17, 15) is 9.59 Å². The number of amides is 2. The third kappa shape index (κ3) is 6.84. The second kappa shape index (κ2) is 11.7. The van der Waals surface area contributed by atoms with Crippen LogP contribution < -0.4 is 10.1 Å². The number of aryl methyl sites for hydroxylation is 2. The molecule has 0 spiro atoms. The van der Waals surface area contributed by atoms with Crippen LogP contribution >= 0.6 is 0 Å².